The number of benzene rings is 1. The fraction of sp³-hybridized carbons (Fsp3) is 0. The third-order valence-electron chi connectivity index (χ3n) is 2.11. The van der Waals surface area contributed by atoms with Crippen LogP contribution < -0.4 is 5.73 Å². The minimum atomic E-state index is -0.335. The highest BCUT2D eigenvalue weighted by Crippen LogP contribution is 2.22. The van der Waals surface area contributed by atoms with Crippen molar-refractivity contribution < 1.29 is 4.79 Å². The normalized spacial score (nSPS) is 10.5. The minimum absolute atomic E-state index is 0.133. The molecular weight excluding hydrogens is 232 g/mol. The first kappa shape index (κ1) is 10.1. The van der Waals surface area contributed by atoms with Gasteiger partial charge in [0.1, 0.15) is 4.99 Å². The summed E-state index contributed by atoms with van der Waals surface area (Å²) in [4.78, 5) is 14.4. The van der Waals surface area contributed by atoms with E-state index in [9.17, 15) is 4.79 Å². The number of thiocarbonyl (C=S) groups is 1. The Kier molecular flexibility index (Phi) is 2.46. The SMILES string of the molecule is NC(=S)C(=O)c1c[nH]c2cc(Cl)ccc12. The number of hydrogen-bond acceptors (Lipinski definition) is 2. The maximum absolute atomic E-state index is 11.6. The van der Waals surface area contributed by atoms with E-state index in [0.717, 1.165) is 10.9 Å². The van der Waals surface area contributed by atoms with Crippen LogP contribution in [0.15, 0.2) is 24.4 Å². The Bertz CT molecular complexity index is 562. The topological polar surface area (TPSA) is 58.9 Å². The van der Waals surface area contributed by atoms with Crippen LogP contribution in [0.25, 0.3) is 10.9 Å². The van der Waals surface area contributed by atoms with Crippen molar-refractivity contribution in [2.45, 2.75) is 0 Å². The summed E-state index contributed by atoms with van der Waals surface area (Å²) in [6.07, 6.45) is 1.59. The zero-order valence-corrected chi connectivity index (χ0v) is 9.15. The third kappa shape index (κ3) is 1.73. The second-order valence-corrected chi connectivity index (χ2v) is 3.96. The van der Waals surface area contributed by atoms with E-state index in [0.29, 0.717) is 10.6 Å². The summed E-state index contributed by atoms with van der Waals surface area (Å²) in [5.74, 6) is -0.335. The Labute approximate surface area is 96.2 Å². The van der Waals surface area contributed by atoms with Gasteiger partial charge < -0.3 is 10.7 Å². The van der Waals surface area contributed by atoms with Crippen molar-refractivity contribution in [2.24, 2.45) is 5.73 Å². The second kappa shape index (κ2) is 3.64. The molecule has 0 saturated heterocycles. The van der Waals surface area contributed by atoms with Gasteiger partial charge in [0.2, 0.25) is 5.78 Å². The fourth-order valence-corrected chi connectivity index (χ4v) is 1.70. The van der Waals surface area contributed by atoms with E-state index in [2.05, 4.69) is 17.2 Å². The molecule has 0 spiro atoms. The molecule has 0 atom stereocenters. The largest absolute Gasteiger partial charge is 0.387 e. The molecule has 1 heterocycles. The first-order valence-corrected chi connectivity index (χ1v) is 4.99. The zero-order chi connectivity index (χ0) is 11.0. The van der Waals surface area contributed by atoms with E-state index in [1.165, 1.54) is 0 Å². The van der Waals surface area contributed by atoms with Crippen molar-refractivity contribution in [1.82, 2.24) is 4.98 Å². The van der Waals surface area contributed by atoms with Gasteiger partial charge in [-0.2, -0.15) is 0 Å². The van der Waals surface area contributed by atoms with Crippen molar-refractivity contribution >= 4 is 45.5 Å². The van der Waals surface area contributed by atoms with Gasteiger partial charge in [0, 0.05) is 22.1 Å². The van der Waals surface area contributed by atoms with Gasteiger partial charge in [-0.25, -0.2) is 0 Å². The van der Waals surface area contributed by atoms with Gasteiger partial charge >= 0.3 is 0 Å². The first-order chi connectivity index (χ1) is 7.09. The number of rotatable bonds is 2. The van der Waals surface area contributed by atoms with E-state index >= 15 is 0 Å². The lowest BCUT2D eigenvalue weighted by Gasteiger charge is -1.96. The van der Waals surface area contributed by atoms with E-state index in [1.54, 1.807) is 24.4 Å². The monoisotopic (exact) mass is 238 g/mol. The molecule has 0 aliphatic carbocycles. The summed E-state index contributed by atoms with van der Waals surface area (Å²) in [7, 11) is 0. The number of nitrogens with two attached hydrogens (primary N) is 1. The van der Waals surface area contributed by atoms with E-state index in [-0.39, 0.29) is 10.8 Å². The van der Waals surface area contributed by atoms with Crippen molar-refractivity contribution in [3.8, 4) is 0 Å². The third-order valence-corrected chi connectivity index (χ3v) is 2.53. The number of carbonyl (C=O) groups excluding carboxylic acids is 1. The molecule has 15 heavy (non-hydrogen) atoms. The van der Waals surface area contributed by atoms with Gasteiger partial charge in [-0.1, -0.05) is 29.9 Å². The molecule has 0 bridgehead atoms. The number of Topliss-reactive ketones (excluding diaryl/α,β-unsaturated/α-hetero) is 1. The highest BCUT2D eigenvalue weighted by atomic mass is 35.5. The van der Waals surface area contributed by atoms with E-state index < -0.39 is 0 Å². The summed E-state index contributed by atoms with van der Waals surface area (Å²) < 4.78 is 0. The van der Waals surface area contributed by atoms with Crippen molar-refractivity contribution in [3.05, 3.63) is 35.0 Å². The van der Waals surface area contributed by atoms with Crippen LogP contribution in [-0.2, 0) is 0 Å². The predicted octanol–water partition coefficient (Wildman–Crippen LogP) is 2.29. The Morgan fingerprint density at radius 3 is 2.87 bits per heavy atom. The summed E-state index contributed by atoms with van der Waals surface area (Å²) >= 11 is 10.5. The Morgan fingerprint density at radius 1 is 1.47 bits per heavy atom. The molecular formula is C10H7ClN2OS. The number of fused-ring (bicyclic) bond motifs is 1. The number of aromatic amines is 1. The predicted molar refractivity (Wildman–Crippen MR) is 64.4 cm³/mol. The van der Waals surface area contributed by atoms with Gasteiger partial charge in [0.15, 0.2) is 0 Å². The lowest BCUT2D eigenvalue weighted by atomic mass is 10.1. The molecule has 0 amide bonds. The molecule has 2 rings (SSSR count). The number of ketones is 1. The van der Waals surface area contributed by atoms with Crippen LogP contribution in [-0.4, -0.2) is 15.8 Å². The summed E-state index contributed by atoms with van der Waals surface area (Å²) in [5, 5.41) is 1.39. The van der Waals surface area contributed by atoms with Gasteiger partial charge in [-0.05, 0) is 12.1 Å². The van der Waals surface area contributed by atoms with Gasteiger partial charge in [-0.3, -0.25) is 4.79 Å². The Hall–Kier alpha value is -1.39. The molecule has 76 valence electrons. The molecule has 5 heteroatoms. The molecule has 0 unspecified atom stereocenters. The minimum Gasteiger partial charge on any atom is -0.387 e. The molecule has 3 N–H and O–H groups in total. The first-order valence-electron chi connectivity index (χ1n) is 4.20. The zero-order valence-electron chi connectivity index (χ0n) is 7.58. The van der Waals surface area contributed by atoms with Crippen LogP contribution in [0.3, 0.4) is 0 Å². The molecule has 0 aliphatic heterocycles. The van der Waals surface area contributed by atoms with Crippen LogP contribution in [0.5, 0.6) is 0 Å². The van der Waals surface area contributed by atoms with Crippen molar-refractivity contribution in [2.75, 3.05) is 0 Å². The second-order valence-electron chi connectivity index (χ2n) is 3.09. The van der Waals surface area contributed by atoms with Gasteiger partial charge in [-0.15, -0.1) is 0 Å². The van der Waals surface area contributed by atoms with Crippen LogP contribution in [0, 0.1) is 0 Å². The van der Waals surface area contributed by atoms with Crippen LogP contribution >= 0.6 is 23.8 Å². The van der Waals surface area contributed by atoms with Crippen molar-refractivity contribution in [3.63, 3.8) is 0 Å². The molecule has 0 radical (unpaired) electrons. The quantitative estimate of drug-likeness (QED) is 0.624. The number of aromatic nitrogens is 1. The summed E-state index contributed by atoms with van der Waals surface area (Å²) in [6, 6.07) is 5.22. The highest BCUT2D eigenvalue weighted by molar-refractivity contribution is 7.82. The fourth-order valence-electron chi connectivity index (χ4n) is 1.42. The van der Waals surface area contributed by atoms with E-state index in [4.69, 9.17) is 17.3 Å². The smallest absolute Gasteiger partial charge is 0.221 e. The van der Waals surface area contributed by atoms with Crippen LogP contribution in [0.2, 0.25) is 5.02 Å². The number of halogens is 1. The number of H-pyrrole nitrogens is 1. The maximum atomic E-state index is 11.6. The standard InChI is InChI=1S/C10H7ClN2OS/c11-5-1-2-6-7(9(14)10(12)15)4-13-8(6)3-5/h1-4,13H,(H2,12,15). The molecule has 0 fully saturated rings. The summed E-state index contributed by atoms with van der Waals surface area (Å²) in [5.41, 5.74) is 6.56. The summed E-state index contributed by atoms with van der Waals surface area (Å²) in [6.45, 7) is 0. The van der Waals surface area contributed by atoms with Crippen LogP contribution in [0.4, 0.5) is 0 Å². The average Bonchev–Trinajstić information content (AvgIpc) is 2.59. The van der Waals surface area contributed by atoms with E-state index in [1.807, 2.05) is 0 Å². The molecule has 2 aromatic rings. The lowest BCUT2D eigenvalue weighted by molar-refractivity contribution is 0.106. The number of nitrogens with one attached hydrogen (secondary N) is 1. The Balaban J connectivity index is 2.64. The molecule has 0 aliphatic rings. The average molecular weight is 239 g/mol. The van der Waals surface area contributed by atoms with Crippen molar-refractivity contribution in [1.29, 1.82) is 0 Å². The van der Waals surface area contributed by atoms with Gasteiger partial charge in [0.05, 0.1) is 5.56 Å². The Morgan fingerprint density at radius 2 is 2.20 bits per heavy atom. The maximum Gasteiger partial charge on any atom is 0.221 e. The highest BCUT2D eigenvalue weighted by Gasteiger charge is 2.13. The molecule has 1 aromatic heterocycles. The number of hydrogen-bond donors (Lipinski definition) is 2. The molecule has 0 saturated carbocycles. The lowest BCUT2D eigenvalue weighted by Crippen LogP contribution is -2.20. The van der Waals surface area contributed by atoms with Crippen LogP contribution in [0.1, 0.15) is 10.4 Å². The molecule has 3 nitrogen and oxygen atoms in total. The van der Waals surface area contributed by atoms with Gasteiger partial charge in [0.25, 0.3) is 0 Å². The number of carbonyl (C=O) groups is 1. The molecule has 1 aromatic carbocycles.